The van der Waals surface area contributed by atoms with E-state index >= 15 is 0 Å². The van der Waals surface area contributed by atoms with E-state index in [2.05, 4.69) is 67.7 Å². The predicted molar refractivity (Wildman–Crippen MR) is 88.0 cm³/mol. The number of nitrogens with one attached hydrogen (secondary N) is 1. The lowest BCUT2D eigenvalue weighted by molar-refractivity contribution is 0.260. The lowest BCUT2D eigenvalue weighted by Gasteiger charge is -2.27. The van der Waals surface area contributed by atoms with E-state index in [1.165, 1.54) is 11.3 Å². The van der Waals surface area contributed by atoms with Crippen LogP contribution < -0.4 is 5.32 Å². The minimum absolute atomic E-state index is 0.468. The Hall–Kier alpha value is -0.510. The molecule has 1 rings (SSSR count). The molecule has 2 nitrogen and oxygen atoms in total. The zero-order valence-corrected chi connectivity index (χ0v) is 13.5. The van der Waals surface area contributed by atoms with Crippen LogP contribution in [0.4, 0.5) is 0 Å². The average molecular weight is 280 g/mol. The van der Waals surface area contributed by atoms with E-state index < -0.39 is 0 Å². The summed E-state index contributed by atoms with van der Waals surface area (Å²) in [6.45, 7) is 6.63. The second-order valence-electron chi connectivity index (χ2n) is 5.09. The van der Waals surface area contributed by atoms with Gasteiger partial charge >= 0.3 is 0 Å². The van der Waals surface area contributed by atoms with Crippen molar-refractivity contribution in [2.24, 2.45) is 0 Å². The first-order valence-electron chi connectivity index (χ1n) is 7.16. The van der Waals surface area contributed by atoms with Crippen molar-refractivity contribution in [3.05, 3.63) is 35.9 Å². The molecule has 1 aromatic rings. The molecule has 0 aliphatic rings. The first-order chi connectivity index (χ1) is 9.19. The summed E-state index contributed by atoms with van der Waals surface area (Å²) < 4.78 is 0. The third-order valence-corrected chi connectivity index (χ3v) is 4.40. The van der Waals surface area contributed by atoms with Crippen LogP contribution in [0.5, 0.6) is 0 Å². The van der Waals surface area contributed by atoms with Gasteiger partial charge in [0.05, 0.1) is 0 Å². The molecule has 0 saturated heterocycles. The topological polar surface area (TPSA) is 15.3 Å². The summed E-state index contributed by atoms with van der Waals surface area (Å²) in [6.07, 6.45) is 3.34. The Morgan fingerprint density at radius 1 is 1.26 bits per heavy atom. The number of benzene rings is 1. The molecule has 19 heavy (non-hydrogen) atoms. The minimum atomic E-state index is 0.468. The molecule has 0 fully saturated rings. The van der Waals surface area contributed by atoms with Crippen molar-refractivity contribution >= 4 is 11.8 Å². The van der Waals surface area contributed by atoms with Gasteiger partial charge in [-0.1, -0.05) is 37.3 Å². The van der Waals surface area contributed by atoms with Crippen molar-refractivity contribution in [1.82, 2.24) is 10.2 Å². The van der Waals surface area contributed by atoms with Crippen LogP contribution in [0.2, 0.25) is 0 Å². The highest BCUT2D eigenvalue weighted by atomic mass is 32.2. The summed E-state index contributed by atoms with van der Waals surface area (Å²) in [6, 6.07) is 11.9. The Morgan fingerprint density at radius 2 is 1.95 bits per heavy atom. The molecule has 0 aliphatic carbocycles. The second-order valence-corrected chi connectivity index (χ2v) is 6.01. The second kappa shape index (κ2) is 9.40. The van der Waals surface area contributed by atoms with Crippen molar-refractivity contribution in [2.75, 3.05) is 32.1 Å². The van der Waals surface area contributed by atoms with E-state index in [4.69, 9.17) is 0 Å². The largest absolute Gasteiger partial charge is 0.310 e. The highest BCUT2D eigenvalue weighted by molar-refractivity contribution is 7.98. The molecule has 3 heteroatoms. The van der Waals surface area contributed by atoms with Crippen molar-refractivity contribution in [3.63, 3.8) is 0 Å². The maximum atomic E-state index is 3.59. The van der Waals surface area contributed by atoms with Gasteiger partial charge in [-0.05, 0) is 45.3 Å². The van der Waals surface area contributed by atoms with Gasteiger partial charge in [-0.3, -0.25) is 0 Å². The third-order valence-electron chi connectivity index (χ3n) is 3.58. The Labute approximate surface area is 123 Å². The van der Waals surface area contributed by atoms with Crippen LogP contribution in [0.1, 0.15) is 31.9 Å². The number of hydrogen-bond donors (Lipinski definition) is 1. The normalized spacial score (nSPS) is 14.6. The summed E-state index contributed by atoms with van der Waals surface area (Å²) in [5.41, 5.74) is 1.40. The smallest absolute Gasteiger partial charge is 0.0332 e. The number of rotatable bonds is 9. The molecule has 0 spiro atoms. The molecule has 0 heterocycles. The fraction of sp³-hybridized carbons (Fsp3) is 0.625. The third kappa shape index (κ3) is 5.98. The van der Waals surface area contributed by atoms with Crippen molar-refractivity contribution in [2.45, 2.75) is 32.4 Å². The summed E-state index contributed by atoms with van der Waals surface area (Å²) in [5, 5.41) is 3.59. The molecule has 0 aromatic heterocycles. The van der Waals surface area contributed by atoms with Crippen molar-refractivity contribution in [3.8, 4) is 0 Å². The number of thioether (sulfide) groups is 1. The molecular formula is C16H28N2S. The van der Waals surface area contributed by atoms with Gasteiger partial charge in [-0.15, -0.1) is 0 Å². The quantitative estimate of drug-likeness (QED) is 0.746. The average Bonchev–Trinajstić information content (AvgIpc) is 2.44. The van der Waals surface area contributed by atoms with Gasteiger partial charge in [0.2, 0.25) is 0 Å². The van der Waals surface area contributed by atoms with E-state index in [0.29, 0.717) is 12.1 Å². The highest BCUT2D eigenvalue weighted by Crippen LogP contribution is 2.17. The molecule has 1 aromatic carbocycles. The van der Waals surface area contributed by atoms with Crippen LogP contribution >= 0.6 is 11.8 Å². The summed E-state index contributed by atoms with van der Waals surface area (Å²) >= 11 is 1.92. The zero-order valence-electron chi connectivity index (χ0n) is 12.7. The molecule has 1 N–H and O–H groups in total. The Morgan fingerprint density at radius 3 is 2.53 bits per heavy atom. The number of hydrogen-bond acceptors (Lipinski definition) is 3. The molecule has 2 atom stereocenters. The molecule has 108 valence electrons. The van der Waals surface area contributed by atoms with Gasteiger partial charge in [0.1, 0.15) is 0 Å². The van der Waals surface area contributed by atoms with Crippen LogP contribution in [0.3, 0.4) is 0 Å². The van der Waals surface area contributed by atoms with Crippen molar-refractivity contribution in [1.29, 1.82) is 0 Å². The van der Waals surface area contributed by atoms with Crippen LogP contribution in [-0.4, -0.2) is 43.1 Å². The molecule has 0 amide bonds. The monoisotopic (exact) mass is 280 g/mol. The standard InChI is InChI=1S/C16H28N2S/c1-5-17-16(15-9-7-6-8-10-15)11-12-18(3)14(2)13-19-4/h6-10,14,16-17H,5,11-13H2,1-4H3. The molecule has 0 saturated carbocycles. The SMILES string of the molecule is CCNC(CCN(C)C(C)CSC)c1ccccc1. The summed E-state index contributed by atoms with van der Waals surface area (Å²) in [4.78, 5) is 2.46. The van der Waals surface area contributed by atoms with Gasteiger partial charge in [-0.25, -0.2) is 0 Å². The first kappa shape index (κ1) is 16.5. The van der Waals surface area contributed by atoms with E-state index in [-0.39, 0.29) is 0 Å². The molecule has 2 unspecified atom stereocenters. The van der Waals surface area contributed by atoms with Crippen LogP contribution in [0.25, 0.3) is 0 Å². The Bertz CT molecular complexity index is 329. The van der Waals surface area contributed by atoms with Gasteiger partial charge in [0, 0.05) is 17.8 Å². The van der Waals surface area contributed by atoms with E-state index in [9.17, 15) is 0 Å². The minimum Gasteiger partial charge on any atom is -0.310 e. The molecule has 0 aliphatic heterocycles. The van der Waals surface area contributed by atoms with Gasteiger partial charge < -0.3 is 10.2 Å². The summed E-state index contributed by atoms with van der Waals surface area (Å²) in [7, 11) is 2.23. The fourth-order valence-corrected chi connectivity index (χ4v) is 2.98. The maximum absolute atomic E-state index is 3.59. The zero-order chi connectivity index (χ0) is 14.1. The van der Waals surface area contributed by atoms with E-state index in [0.717, 1.165) is 19.5 Å². The predicted octanol–water partition coefficient (Wildman–Crippen LogP) is 3.41. The first-order valence-corrected chi connectivity index (χ1v) is 8.55. The van der Waals surface area contributed by atoms with Gasteiger partial charge in [0.25, 0.3) is 0 Å². The molecule has 0 radical (unpaired) electrons. The van der Waals surface area contributed by atoms with E-state index in [1.54, 1.807) is 0 Å². The van der Waals surface area contributed by atoms with E-state index in [1.807, 2.05) is 11.8 Å². The summed E-state index contributed by atoms with van der Waals surface area (Å²) in [5.74, 6) is 1.20. The van der Waals surface area contributed by atoms with Gasteiger partial charge in [-0.2, -0.15) is 11.8 Å². The number of nitrogens with zero attached hydrogens (tertiary/aromatic N) is 1. The highest BCUT2D eigenvalue weighted by Gasteiger charge is 2.13. The Balaban J connectivity index is 2.50. The van der Waals surface area contributed by atoms with Crippen molar-refractivity contribution < 1.29 is 0 Å². The fourth-order valence-electron chi connectivity index (χ4n) is 2.24. The van der Waals surface area contributed by atoms with Gasteiger partial charge in [0.15, 0.2) is 0 Å². The maximum Gasteiger partial charge on any atom is 0.0332 e. The van der Waals surface area contributed by atoms with Crippen LogP contribution in [0, 0.1) is 0 Å². The lowest BCUT2D eigenvalue weighted by Crippen LogP contribution is -2.34. The Kier molecular flexibility index (Phi) is 8.19. The molecular weight excluding hydrogens is 252 g/mol. The van der Waals surface area contributed by atoms with Crippen LogP contribution in [-0.2, 0) is 0 Å². The lowest BCUT2D eigenvalue weighted by atomic mass is 10.0. The molecule has 0 bridgehead atoms. The van der Waals surface area contributed by atoms with Crippen LogP contribution in [0.15, 0.2) is 30.3 Å².